The maximum Gasteiger partial charge on any atom is 0.258 e. The van der Waals surface area contributed by atoms with Gasteiger partial charge in [0.1, 0.15) is 11.7 Å². The van der Waals surface area contributed by atoms with Gasteiger partial charge in [0, 0.05) is 27.0 Å². The van der Waals surface area contributed by atoms with Gasteiger partial charge in [0.05, 0.1) is 17.3 Å². The number of aliphatic imine (C=N–C) groups is 1. The number of anilines is 1. The van der Waals surface area contributed by atoms with Crippen molar-refractivity contribution in [1.29, 1.82) is 0 Å². The van der Waals surface area contributed by atoms with E-state index in [9.17, 15) is 9.18 Å². The summed E-state index contributed by atoms with van der Waals surface area (Å²) in [6.45, 7) is 4.49. The van der Waals surface area contributed by atoms with Crippen LogP contribution in [0.3, 0.4) is 0 Å². The standard InChI is InChI=1S/C20H19BrFN3OS/c1-20(2)19(23)24-17(10-27-20)15-8-13(4-6-16(15)22)25-9-11-7-12(21)3-5-14(11)18(25)26/h3-8,17H,9-10H2,1-2H3,(H2,23,24). The molecule has 0 saturated heterocycles. The highest BCUT2D eigenvalue weighted by Crippen LogP contribution is 2.39. The zero-order chi connectivity index (χ0) is 19.3. The summed E-state index contributed by atoms with van der Waals surface area (Å²) < 4.78 is 15.2. The highest BCUT2D eigenvalue weighted by atomic mass is 79.9. The predicted molar refractivity (Wildman–Crippen MR) is 112 cm³/mol. The second kappa shape index (κ2) is 6.63. The Hall–Kier alpha value is -1.86. The monoisotopic (exact) mass is 447 g/mol. The molecule has 0 radical (unpaired) electrons. The molecule has 2 aliphatic rings. The number of nitrogens with two attached hydrogens (primary N) is 1. The summed E-state index contributed by atoms with van der Waals surface area (Å²) >= 11 is 5.10. The Bertz CT molecular complexity index is 976. The summed E-state index contributed by atoms with van der Waals surface area (Å²) in [5.74, 6) is 0.766. The topological polar surface area (TPSA) is 58.7 Å². The van der Waals surface area contributed by atoms with E-state index in [0.717, 1.165) is 10.0 Å². The number of carbonyl (C=O) groups is 1. The predicted octanol–water partition coefficient (Wildman–Crippen LogP) is 4.67. The summed E-state index contributed by atoms with van der Waals surface area (Å²) in [6.07, 6.45) is 0. The molecule has 0 saturated carbocycles. The number of halogens is 2. The maximum atomic E-state index is 14.5. The fourth-order valence-electron chi connectivity index (χ4n) is 3.33. The third-order valence-electron chi connectivity index (χ3n) is 5.04. The van der Waals surface area contributed by atoms with Gasteiger partial charge in [-0.1, -0.05) is 15.9 Å². The Balaban J connectivity index is 1.68. The quantitative estimate of drug-likeness (QED) is 0.727. The van der Waals surface area contributed by atoms with Crippen molar-refractivity contribution in [1.82, 2.24) is 0 Å². The van der Waals surface area contributed by atoms with Crippen LogP contribution in [0.15, 0.2) is 45.9 Å². The van der Waals surface area contributed by atoms with E-state index in [4.69, 9.17) is 5.73 Å². The SMILES string of the molecule is CC1(C)SCC(c2cc(N3Cc4cc(Br)ccc4C3=O)ccc2F)N=C1N. The van der Waals surface area contributed by atoms with Gasteiger partial charge in [0.2, 0.25) is 0 Å². The summed E-state index contributed by atoms with van der Waals surface area (Å²) in [6, 6.07) is 10.1. The molecule has 1 atom stereocenters. The number of fused-ring (bicyclic) bond motifs is 1. The second-order valence-electron chi connectivity index (χ2n) is 7.25. The second-order valence-corrected chi connectivity index (χ2v) is 9.81. The number of rotatable bonds is 2. The van der Waals surface area contributed by atoms with Gasteiger partial charge in [-0.25, -0.2) is 4.39 Å². The molecule has 0 aromatic heterocycles. The largest absolute Gasteiger partial charge is 0.386 e. The third kappa shape index (κ3) is 3.27. The Morgan fingerprint density at radius 1 is 1.30 bits per heavy atom. The molecule has 0 aliphatic carbocycles. The third-order valence-corrected chi connectivity index (χ3v) is 6.94. The van der Waals surface area contributed by atoms with Gasteiger partial charge in [-0.05, 0) is 55.8 Å². The van der Waals surface area contributed by atoms with Gasteiger partial charge < -0.3 is 10.6 Å². The number of hydrogen-bond donors (Lipinski definition) is 1. The number of amidine groups is 1. The summed E-state index contributed by atoms with van der Waals surface area (Å²) in [4.78, 5) is 19.0. The van der Waals surface area contributed by atoms with Crippen LogP contribution >= 0.6 is 27.7 Å². The van der Waals surface area contributed by atoms with Gasteiger partial charge >= 0.3 is 0 Å². The van der Waals surface area contributed by atoms with Gasteiger partial charge in [-0.3, -0.25) is 9.79 Å². The number of carbonyl (C=O) groups excluding carboxylic acids is 1. The zero-order valence-corrected chi connectivity index (χ0v) is 17.4. The average Bonchev–Trinajstić information content (AvgIpc) is 2.94. The lowest BCUT2D eigenvalue weighted by atomic mass is 10.1. The minimum absolute atomic E-state index is 0.0720. The lowest BCUT2D eigenvalue weighted by Gasteiger charge is -2.31. The molecule has 2 N–H and O–H groups in total. The maximum absolute atomic E-state index is 14.5. The van der Waals surface area contributed by atoms with Crippen LogP contribution in [0.5, 0.6) is 0 Å². The molecular weight excluding hydrogens is 429 g/mol. The van der Waals surface area contributed by atoms with Crippen LogP contribution in [-0.2, 0) is 6.54 Å². The van der Waals surface area contributed by atoms with E-state index in [1.807, 2.05) is 32.0 Å². The first-order chi connectivity index (χ1) is 12.8. The number of thioether (sulfide) groups is 1. The van der Waals surface area contributed by atoms with Gasteiger partial charge in [0.25, 0.3) is 5.91 Å². The normalized spacial score (nSPS) is 21.2. The van der Waals surface area contributed by atoms with E-state index in [-0.39, 0.29) is 22.5 Å². The highest BCUT2D eigenvalue weighted by Gasteiger charge is 2.33. The van der Waals surface area contributed by atoms with Crippen molar-refractivity contribution in [2.24, 2.45) is 10.7 Å². The number of hydrogen-bond acceptors (Lipinski definition) is 4. The first-order valence-electron chi connectivity index (χ1n) is 8.64. The van der Waals surface area contributed by atoms with Crippen LogP contribution in [0.4, 0.5) is 10.1 Å². The highest BCUT2D eigenvalue weighted by molar-refractivity contribution is 9.10. The van der Waals surface area contributed by atoms with Crippen molar-refractivity contribution < 1.29 is 9.18 Å². The van der Waals surface area contributed by atoms with E-state index in [0.29, 0.717) is 34.9 Å². The van der Waals surface area contributed by atoms with Crippen molar-refractivity contribution >= 4 is 45.1 Å². The van der Waals surface area contributed by atoms with E-state index < -0.39 is 0 Å². The molecular formula is C20H19BrFN3OS. The van der Waals surface area contributed by atoms with E-state index >= 15 is 0 Å². The van der Waals surface area contributed by atoms with Crippen molar-refractivity contribution in [3.05, 3.63) is 63.4 Å². The van der Waals surface area contributed by atoms with Crippen molar-refractivity contribution in [2.45, 2.75) is 31.2 Å². The Morgan fingerprint density at radius 2 is 2.07 bits per heavy atom. The molecule has 2 heterocycles. The fourth-order valence-corrected chi connectivity index (χ4v) is 4.77. The smallest absolute Gasteiger partial charge is 0.258 e. The van der Waals surface area contributed by atoms with Crippen LogP contribution in [0.1, 0.15) is 41.4 Å². The number of nitrogens with zero attached hydrogens (tertiary/aromatic N) is 2. The molecule has 2 aromatic rings. The van der Waals surface area contributed by atoms with E-state index in [2.05, 4.69) is 20.9 Å². The van der Waals surface area contributed by atoms with Crippen molar-refractivity contribution in [3.8, 4) is 0 Å². The molecule has 0 fully saturated rings. The average molecular weight is 448 g/mol. The zero-order valence-electron chi connectivity index (χ0n) is 15.0. The van der Waals surface area contributed by atoms with E-state index in [1.165, 1.54) is 6.07 Å². The summed E-state index contributed by atoms with van der Waals surface area (Å²) in [5, 5.41) is 0. The molecule has 2 aliphatic heterocycles. The Kier molecular flexibility index (Phi) is 4.55. The fraction of sp³-hybridized carbons (Fsp3) is 0.300. The molecule has 140 valence electrons. The van der Waals surface area contributed by atoms with Crippen molar-refractivity contribution in [3.63, 3.8) is 0 Å². The number of amides is 1. The van der Waals surface area contributed by atoms with Crippen molar-refractivity contribution in [2.75, 3.05) is 10.7 Å². The van der Waals surface area contributed by atoms with Crippen LogP contribution in [0.2, 0.25) is 0 Å². The molecule has 0 spiro atoms. The lowest BCUT2D eigenvalue weighted by Crippen LogP contribution is -2.39. The molecule has 4 rings (SSSR count). The molecule has 4 nitrogen and oxygen atoms in total. The minimum Gasteiger partial charge on any atom is -0.386 e. The molecule has 1 amide bonds. The van der Waals surface area contributed by atoms with E-state index in [1.54, 1.807) is 28.8 Å². The molecule has 7 heteroatoms. The van der Waals surface area contributed by atoms with Crippen LogP contribution in [-0.4, -0.2) is 22.2 Å². The van der Waals surface area contributed by atoms with Gasteiger partial charge in [0.15, 0.2) is 0 Å². The first-order valence-corrected chi connectivity index (χ1v) is 10.4. The first kappa shape index (κ1) is 18.5. The Labute approximate surface area is 170 Å². The molecule has 0 bridgehead atoms. The Morgan fingerprint density at radius 3 is 2.81 bits per heavy atom. The van der Waals surface area contributed by atoms with Crippen LogP contribution in [0, 0.1) is 5.82 Å². The molecule has 1 unspecified atom stereocenters. The van der Waals surface area contributed by atoms with Crippen LogP contribution in [0.25, 0.3) is 0 Å². The lowest BCUT2D eigenvalue weighted by molar-refractivity contribution is 0.0996. The molecule has 2 aromatic carbocycles. The minimum atomic E-state index is -0.350. The summed E-state index contributed by atoms with van der Waals surface area (Å²) in [7, 11) is 0. The summed E-state index contributed by atoms with van der Waals surface area (Å²) in [5.41, 5.74) is 8.87. The van der Waals surface area contributed by atoms with Gasteiger partial charge in [-0.2, -0.15) is 0 Å². The number of benzene rings is 2. The molecule has 27 heavy (non-hydrogen) atoms. The van der Waals surface area contributed by atoms with Gasteiger partial charge in [-0.15, -0.1) is 11.8 Å². The van der Waals surface area contributed by atoms with Crippen LogP contribution < -0.4 is 10.6 Å².